The van der Waals surface area contributed by atoms with Crippen LogP contribution in [0.4, 0.5) is 15.9 Å². The first-order valence-electron chi connectivity index (χ1n) is 5.62. The SMILES string of the molecule is Cn1cnc2cnc(Nc3ccc(F)c(Cl)c3)cc21. The van der Waals surface area contributed by atoms with E-state index in [-0.39, 0.29) is 5.02 Å². The zero-order valence-electron chi connectivity index (χ0n) is 10.1. The lowest BCUT2D eigenvalue weighted by molar-refractivity contribution is 0.628. The van der Waals surface area contributed by atoms with E-state index in [1.165, 1.54) is 12.1 Å². The van der Waals surface area contributed by atoms with Crippen LogP contribution >= 0.6 is 11.6 Å². The molecule has 0 amide bonds. The minimum absolute atomic E-state index is 0.0756. The van der Waals surface area contributed by atoms with Gasteiger partial charge in [0, 0.05) is 18.8 Å². The fourth-order valence-electron chi connectivity index (χ4n) is 1.82. The van der Waals surface area contributed by atoms with Crippen LogP contribution in [0.1, 0.15) is 0 Å². The third kappa shape index (κ3) is 2.24. The van der Waals surface area contributed by atoms with Crippen molar-refractivity contribution in [3.63, 3.8) is 0 Å². The number of nitrogens with one attached hydrogen (secondary N) is 1. The quantitative estimate of drug-likeness (QED) is 0.779. The first-order valence-corrected chi connectivity index (χ1v) is 6.00. The Morgan fingerprint density at radius 2 is 2.11 bits per heavy atom. The molecule has 4 nitrogen and oxygen atoms in total. The molecule has 2 aromatic heterocycles. The molecule has 0 atom stereocenters. The van der Waals surface area contributed by atoms with Crippen molar-refractivity contribution in [2.75, 3.05) is 5.32 Å². The van der Waals surface area contributed by atoms with Gasteiger partial charge < -0.3 is 9.88 Å². The van der Waals surface area contributed by atoms with Crippen LogP contribution in [0.25, 0.3) is 11.0 Å². The number of hydrogen-bond donors (Lipinski definition) is 1. The second-order valence-corrected chi connectivity index (χ2v) is 4.57. The van der Waals surface area contributed by atoms with Gasteiger partial charge in [-0.1, -0.05) is 11.6 Å². The van der Waals surface area contributed by atoms with E-state index >= 15 is 0 Å². The molecule has 0 saturated heterocycles. The molecule has 0 bridgehead atoms. The van der Waals surface area contributed by atoms with Crippen LogP contribution in [0.2, 0.25) is 5.02 Å². The van der Waals surface area contributed by atoms with Crippen molar-refractivity contribution in [1.82, 2.24) is 14.5 Å². The van der Waals surface area contributed by atoms with Gasteiger partial charge in [0.05, 0.1) is 23.1 Å². The molecule has 19 heavy (non-hydrogen) atoms. The summed E-state index contributed by atoms with van der Waals surface area (Å²) >= 11 is 5.73. The molecule has 3 rings (SSSR count). The van der Waals surface area contributed by atoms with Crippen molar-refractivity contribution in [1.29, 1.82) is 0 Å². The third-order valence-electron chi connectivity index (χ3n) is 2.80. The van der Waals surface area contributed by atoms with Crippen molar-refractivity contribution in [3.8, 4) is 0 Å². The molecule has 0 radical (unpaired) electrons. The summed E-state index contributed by atoms with van der Waals surface area (Å²) in [5, 5.41) is 3.15. The lowest BCUT2D eigenvalue weighted by Gasteiger charge is -2.06. The number of hydrogen-bond acceptors (Lipinski definition) is 3. The standard InChI is InChI=1S/C13H10ClFN4/c1-19-7-17-11-6-16-13(5-12(11)19)18-8-2-3-10(15)9(14)4-8/h2-7H,1H3,(H,16,18). The number of anilines is 2. The minimum atomic E-state index is -0.442. The largest absolute Gasteiger partial charge is 0.340 e. The minimum Gasteiger partial charge on any atom is -0.340 e. The summed E-state index contributed by atoms with van der Waals surface area (Å²) in [6.45, 7) is 0. The van der Waals surface area contributed by atoms with Crippen molar-refractivity contribution in [2.24, 2.45) is 7.05 Å². The van der Waals surface area contributed by atoms with Crippen LogP contribution in [0.15, 0.2) is 36.8 Å². The van der Waals surface area contributed by atoms with Gasteiger partial charge in [0.25, 0.3) is 0 Å². The average molecular weight is 277 g/mol. The predicted molar refractivity (Wildman–Crippen MR) is 73.2 cm³/mol. The lowest BCUT2D eigenvalue weighted by Crippen LogP contribution is -1.95. The van der Waals surface area contributed by atoms with E-state index in [9.17, 15) is 4.39 Å². The summed E-state index contributed by atoms with van der Waals surface area (Å²) < 4.78 is 15.0. The summed E-state index contributed by atoms with van der Waals surface area (Å²) in [6.07, 6.45) is 3.41. The molecular weight excluding hydrogens is 267 g/mol. The number of halogens is 2. The number of aromatic nitrogens is 3. The van der Waals surface area contributed by atoms with Crippen molar-refractivity contribution in [2.45, 2.75) is 0 Å². The summed E-state index contributed by atoms with van der Waals surface area (Å²) in [5.41, 5.74) is 2.47. The average Bonchev–Trinajstić information content (AvgIpc) is 2.76. The number of rotatable bonds is 2. The first-order chi connectivity index (χ1) is 9.13. The summed E-state index contributed by atoms with van der Waals surface area (Å²) in [4.78, 5) is 8.44. The molecule has 0 aliphatic rings. The highest BCUT2D eigenvalue weighted by Gasteiger charge is 2.05. The van der Waals surface area contributed by atoms with Crippen LogP contribution in [0.3, 0.4) is 0 Å². The summed E-state index contributed by atoms with van der Waals surface area (Å²) in [7, 11) is 1.91. The molecule has 6 heteroatoms. The summed E-state index contributed by atoms with van der Waals surface area (Å²) in [6, 6.07) is 6.31. The maximum Gasteiger partial charge on any atom is 0.141 e. The molecule has 0 unspecified atom stereocenters. The molecule has 1 aromatic carbocycles. The van der Waals surface area contributed by atoms with E-state index in [1.807, 2.05) is 17.7 Å². The van der Waals surface area contributed by atoms with E-state index in [2.05, 4.69) is 15.3 Å². The van der Waals surface area contributed by atoms with Crippen molar-refractivity contribution in [3.05, 3.63) is 47.6 Å². The number of fused-ring (bicyclic) bond motifs is 1. The molecular formula is C13H10ClFN4. The van der Waals surface area contributed by atoms with Crippen LogP contribution in [0.5, 0.6) is 0 Å². The highest BCUT2D eigenvalue weighted by molar-refractivity contribution is 6.31. The smallest absolute Gasteiger partial charge is 0.141 e. The fraction of sp³-hybridized carbons (Fsp3) is 0.0769. The molecule has 0 saturated carbocycles. The molecule has 0 aliphatic carbocycles. The topological polar surface area (TPSA) is 42.7 Å². The zero-order valence-corrected chi connectivity index (χ0v) is 10.8. The van der Waals surface area contributed by atoms with Crippen molar-refractivity contribution < 1.29 is 4.39 Å². The fourth-order valence-corrected chi connectivity index (χ4v) is 2.00. The van der Waals surface area contributed by atoms with E-state index in [0.29, 0.717) is 11.5 Å². The van der Waals surface area contributed by atoms with Gasteiger partial charge in [0.15, 0.2) is 0 Å². The van der Waals surface area contributed by atoms with Crippen LogP contribution < -0.4 is 5.32 Å². The number of benzene rings is 1. The number of nitrogens with zero attached hydrogens (tertiary/aromatic N) is 3. The van der Waals surface area contributed by atoms with E-state index in [4.69, 9.17) is 11.6 Å². The van der Waals surface area contributed by atoms with Gasteiger partial charge in [-0.15, -0.1) is 0 Å². The maximum absolute atomic E-state index is 13.1. The van der Waals surface area contributed by atoms with Crippen LogP contribution in [-0.2, 0) is 7.05 Å². The van der Waals surface area contributed by atoms with E-state index in [1.54, 1.807) is 18.6 Å². The Kier molecular flexibility index (Phi) is 2.83. The Bertz CT molecular complexity index is 753. The van der Waals surface area contributed by atoms with E-state index in [0.717, 1.165) is 11.0 Å². The second kappa shape index (κ2) is 4.51. The van der Waals surface area contributed by atoms with Gasteiger partial charge in [-0.2, -0.15) is 0 Å². The first kappa shape index (κ1) is 11.9. The highest BCUT2D eigenvalue weighted by atomic mass is 35.5. The molecule has 0 fully saturated rings. The Labute approximate surface area is 113 Å². The Morgan fingerprint density at radius 3 is 2.89 bits per heavy atom. The predicted octanol–water partition coefficient (Wildman–Crippen LogP) is 3.50. The van der Waals surface area contributed by atoms with Crippen molar-refractivity contribution >= 4 is 34.1 Å². The molecule has 3 aromatic rings. The highest BCUT2D eigenvalue weighted by Crippen LogP contribution is 2.23. The molecule has 2 heterocycles. The van der Waals surface area contributed by atoms with Crippen LogP contribution in [-0.4, -0.2) is 14.5 Å². The van der Waals surface area contributed by atoms with Gasteiger partial charge in [-0.25, -0.2) is 14.4 Å². The Morgan fingerprint density at radius 1 is 1.26 bits per heavy atom. The van der Waals surface area contributed by atoms with Gasteiger partial charge >= 0.3 is 0 Å². The van der Waals surface area contributed by atoms with Gasteiger partial charge in [-0.3, -0.25) is 0 Å². The normalized spacial score (nSPS) is 10.9. The summed E-state index contributed by atoms with van der Waals surface area (Å²) in [5.74, 6) is 0.209. The number of aryl methyl sites for hydroxylation is 1. The van der Waals surface area contributed by atoms with Crippen LogP contribution in [0, 0.1) is 5.82 Å². The number of pyridine rings is 1. The van der Waals surface area contributed by atoms with Gasteiger partial charge in [-0.05, 0) is 18.2 Å². The lowest BCUT2D eigenvalue weighted by atomic mass is 10.3. The molecule has 1 N–H and O–H groups in total. The van der Waals surface area contributed by atoms with Gasteiger partial charge in [0.1, 0.15) is 17.2 Å². The monoisotopic (exact) mass is 276 g/mol. The van der Waals surface area contributed by atoms with Gasteiger partial charge in [0.2, 0.25) is 0 Å². The third-order valence-corrected chi connectivity index (χ3v) is 3.09. The second-order valence-electron chi connectivity index (χ2n) is 4.17. The van der Waals surface area contributed by atoms with E-state index < -0.39 is 5.82 Å². The maximum atomic E-state index is 13.1. The molecule has 96 valence electrons. The molecule has 0 spiro atoms. The zero-order chi connectivity index (χ0) is 13.4. The molecule has 0 aliphatic heterocycles. The Hall–Kier alpha value is -2.14. The Balaban J connectivity index is 1.95. The number of imidazole rings is 1.